The molecule has 0 radical (unpaired) electrons. The second-order valence-corrected chi connectivity index (χ2v) is 11.3. The zero-order valence-electron chi connectivity index (χ0n) is 24.4. The van der Waals surface area contributed by atoms with E-state index in [1.165, 1.54) is 0 Å². The van der Waals surface area contributed by atoms with Crippen molar-refractivity contribution in [2.45, 2.75) is 57.0 Å². The number of benzene rings is 3. The first-order valence-corrected chi connectivity index (χ1v) is 15.5. The van der Waals surface area contributed by atoms with Crippen LogP contribution in [0.15, 0.2) is 65.7 Å². The largest absolute Gasteiger partial charge is 0.450 e. The fourth-order valence-electron chi connectivity index (χ4n) is 5.47. The third-order valence-corrected chi connectivity index (χ3v) is 8.15. The fourth-order valence-corrected chi connectivity index (χ4v) is 5.63. The number of halogens is 1. The fraction of sp³-hybridized carbons (Fsp3) is 0.394. The molecule has 1 atom stereocenters. The Morgan fingerprint density at radius 3 is 2.58 bits per heavy atom. The number of unbranched alkanes of at least 4 members (excludes halogenated alkanes) is 1. The van der Waals surface area contributed by atoms with E-state index in [2.05, 4.69) is 51.2 Å². The van der Waals surface area contributed by atoms with Crippen LogP contribution >= 0.6 is 11.6 Å². The van der Waals surface area contributed by atoms with Crippen molar-refractivity contribution in [1.82, 2.24) is 15.5 Å². The molecule has 2 aliphatic heterocycles. The van der Waals surface area contributed by atoms with Gasteiger partial charge in [-0.1, -0.05) is 61.9 Å². The highest BCUT2D eigenvalue weighted by Crippen LogP contribution is 2.28. The van der Waals surface area contributed by atoms with Crippen LogP contribution in [0.1, 0.15) is 49.3 Å². The summed E-state index contributed by atoms with van der Waals surface area (Å²) in [4.78, 5) is 44.9. The Hall–Kier alpha value is -4.11. The number of ether oxygens (including phenoxy) is 1. The molecule has 43 heavy (non-hydrogen) atoms. The van der Waals surface area contributed by atoms with Gasteiger partial charge in [0.25, 0.3) is 0 Å². The number of hydrogen-bond donors (Lipinski definition) is 3. The summed E-state index contributed by atoms with van der Waals surface area (Å²) in [6.07, 6.45) is 3.00. The number of carbonyl (C=O) groups is 3. The minimum Gasteiger partial charge on any atom is -0.450 e. The first kappa shape index (κ1) is 30.4. The molecule has 1 fully saturated rings. The number of carbonyl (C=O) groups excluding carboxylic acids is 3. The molecule has 1 unspecified atom stereocenters. The van der Waals surface area contributed by atoms with Crippen molar-refractivity contribution in [2.24, 2.45) is 4.99 Å². The molecule has 226 valence electrons. The Morgan fingerprint density at radius 2 is 1.81 bits per heavy atom. The molecule has 9 nitrogen and oxygen atoms in total. The van der Waals surface area contributed by atoms with E-state index in [4.69, 9.17) is 21.3 Å². The van der Waals surface area contributed by atoms with Gasteiger partial charge in [-0.15, -0.1) is 11.6 Å². The van der Waals surface area contributed by atoms with Gasteiger partial charge in [-0.2, -0.15) is 0 Å². The molecular formula is C33H38ClN5O4. The number of hydrogen-bond acceptors (Lipinski definition) is 6. The summed E-state index contributed by atoms with van der Waals surface area (Å²) >= 11 is 6.19. The smallest absolute Gasteiger partial charge is 0.407 e. The van der Waals surface area contributed by atoms with Crippen LogP contribution in [-0.2, 0) is 26.6 Å². The third kappa shape index (κ3) is 7.84. The van der Waals surface area contributed by atoms with Gasteiger partial charge in [0.1, 0.15) is 18.4 Å². The number of fused-ring (bicyclic) bond motifs is 2. The highest BCUT2D eigenvalue weighted by Gasteiger charge is 2.30. The predicted molar refractivity (Wildman–Crippen MR) is 170 cm³/mol. The van der Waals surface area contributed by atoms with Gasteiger partial charge in [-0.05, 0) is 53.3 Å². The zero-order valence-corrected chi connectivity index (χ0v) is 25.2. The molecule has 3 amide bonds. The maximum Gasteiger partial charge on any atom is 0.407 e. The van der Waals surface area contributed by atoms with E-state index in [0.717, 1.165) is 46.1 Å². The number of nitrogens with one attached hydrogen (secondary N) is 3. The predicted octanol–water partition coefficient (Wildman–Crippen LogP) is 5.00. The van der Waals surface area contributed by atoms with Gasteiger partial charge in [-0.3, -0.25) is 14.6 Å². The Balaban J connectivity index is 1.28. The van der Waals surface area contributed by atoms with E-state index < -0.39 is 12.1 Å². The van der Waals surface area contributed by atoms with Gasteiger partial charge in [0.15, 0.2) is 0 Å². The molecule has 1 saturated heterocycles. The van der Waals surface area contributed by atoms with E-state index >= 15 is 0 Å². The van der Waals surface area contributed by atoms with Gasteiger partial charge < -0.3 is 25.6 Å². The number of likely N-dealkylation sites (tertiary alicyclic amines) is 1. The molecule has 0 aliphatic carbocycles. The van der Waals surface area contributed by atoms with Crippen LogP contribution in [0.25, 0.3) is 10.8 Å². The number of amides is 3. The summed E-state index contributed by atoms with van der Waals surface area (Å²) in [5, 5.41) is 10.9. The Bertz CT molecular complexity index is 1500. The van der Waals surface area contributed by atoms with E-state index in [0.29, 0.717) is 50.5 Å². The van der Waals surface area contributed by atoms with Gasteiger partial charge >= 0.3 is 6.09 Å². The minimum absolute atomic E-state index is 0.0326. The number of piperidine rings is 1. The van der Waals surface area contributed by atoms with Crippen molar-refractivity contribution in [3.8, 4) is 0 Å². The van der Waals surface area contributed by atoms with Crippen molar-refractivity contribution in [2.75, 3.05) is 31.6 Å². The lowest BCUT2D eigenvalue weighted by Gasteiger charge is -2.35. The number of alkyl halides is 1. The summed E-state index contributed by atoms with van der Waals surface area (Å²) in [5.41, 5.74) is 3.54. The van der Waals surface area contributed by atoms with Crippen molar-refractivity contribution in [1.29, 1.82) is 0 Å². The lowest BCUT2D eigenvalue weighted by atomic mass is 10.0. The molecule has 0 aromatic heterocycles. The molecular weight excluding hydrogens is 566 g/mol. The standard InChI is InChI=1S/C33H38ClN5O4/c1-2-3-16-43-33(42)35-21-30(40)36-26-12-14-39(15-13-26)31-27-18-23(20-34)9-11-28(27)38-32(41)29(37-31)19-22-8-10-24-6-4-5-7-25(24)17-22/h4-11,17-18,26,29H,2-3,12-16,19-21H2,1H3,(H,35,42)(H,36,40)(H,38,41). The van der Waals surface area contributed by atoms with E-state index in [1.807, 2.05) is 37.3 Å². The van der Waals surface area contributed by atoms with Crippen LogP contribution in [0.5, 0.6) is 0 Å². The highest BCUT2D eigenvalue weighted by atomic mass is 35.5. The molecule has 3 N–H and O–H groups in total. The maximum atomic E-state index is 13.4. The topological polar surface area (TPSA) is 112 Å². The second-order valence-electron chi connectivity index (χ2n) is 11.0. The number of anilines is 1. The number of alkyl carbamates (subject to hydrolysis) is 1. The molecule has 5 rings (SSSR count). The van der Waals surface area contributed by atoms with Gasteiger partial charge in [-0.25, -0.2) is 4.79 Å². The molecule has 0 saturated carbocycles. The van der Waals surface area contributed by atoms with Gasteiger partial charge in [0.2, 0.25) is 11.8 Å². The molecule has 2 heterocycles. The highest BCUT2D eigenvalue weighted by molar-refractivity contribution is 6.17. The normalized spacial score (nSPS) is 17.0. The molecule has 10 heteroatoms. The quantitative estimate of drug-likeness (QED) is 0.236. The summed E-state index contributed by atoms with van der Waals surface area (Å²) in [5.74, 6) is 0.710. The zero-order chi connectivity index (χ0) is 30.2. The van der Waals surface area contributed by atoms with E-state index in [9.17, 15) is 14.4 Å². The average Bonchev–Trinajstić information content (AvgIpc) is 3.16. The lowest BCUT2D eigenvalue weighted by molar-refractivity contribution is -0.121. The first-order chi connectivity index (χ1) is 20.9. The number of amidine groups is 1. The van der Waals surface area contributed by atoms with Gasteiger partial charge in [0, 0.05) is 37.0 Å². The second kappa shape index (κ2) is 14.4. The van der Waals surface area contributed by atoms with Crippen LogP contribution in [0.3, 0.4) is 0 Å². The van der Waals surface area contributed by atoms with Crippen LogP contribution in [0.4, 0.5) is 10.5 Å². The maximum absolute atomic E-state index is 13.4. The number of nitrogens with zero attached hydrogens (tertiary/aromatic N) is 2. The van der Waals surface area contributed by atoms with Crippen LogP contribution in [0, 0.1) is 0 Å². The van der Waals surface area contributed by atoms with Crippen LogP contribution in [0.2, 0.25) is 0 Å². The summed E-state index contributed by atoms with van der Waals surface area (Å²) in [6.45, 7) is 3.53. The molecule has 2 aliphatic rings. The molecule has 3 aromatic rings. The van der Waals surface area contributed by atoms with Crippen LogP contribution < -0.4 is 16.0 Å². The monoisotopic (exact) mass is 603 g/mol. The number of aliphatic imine (C=N–C) groups is 1. The Kier molecular flexibility index (Phi) is 10.1. The lowest BCUT2D eigenvalue weighted by Crippen LogP contribution is -2.49. The van der Waals surface area contributed by atoms with Crippen molar-refractivity contribution < 1.29 is 19.1 Å². The summed E-state index contributed by atoms with van der Waals surface area (Å²) in [6, 6.07) is 19.6. The average molecular weight is 604 g/mol. The molecule has 0 spiro atoms. The number of benzodiazepines with no additional fused rings is 1. The Labute approximate surface area is 257 Å². The molecule has 3 aromatic carbocycles. The Morgan fingerprint density at radius 1 is 1.05 bits per heavy atom. The summed E-state index contributed by atoms with van der Waals surface area (Å²) < 4.78 is 5.04. The van der Waals surface area contributed by atoms with Crippen molar-refractivity contribution >= 4 is 51.8 Å². The molecule has 0 bridgehead atoms. The first-order valence-electron chi connectivity index (χ1n) is 14.9. The van der Waals surface area contributed by atoms with E-state index in [-0.39, 0.29) is 24.4 Å². The van der Waals surface area contributed by atoms with E-state index in [1.54, 1.807) is 0 Å². The van der Waals surface area contributed by atoms with Crippen molar-refractivity contribution in [3.05, 3.63) is 77.4 Å². The SMILES string of the molecule is CCCCOC(=O)NCC(=O)NC1CCN(C2=NC(Cc3ccc4ccccc4c3)C(=O)Nc3ccc(CCl)cc32)CC1. The van der Waals surface area contributed by atoms with Gasteiger partial charge in [0.05, 0.1) is 12.3 Å². The summed E-state index contributed by atoms with van der Waals surface area (Å²) in [7, 11) is 0. The van der Waals surface area contributed by atoms with Crippen LogP contribution in [-0.4, -0.2) is 67.0 Å². The minimum atomic E-state index is -0.608. The third-order valence-electron chi connectivity index (χ3n) is 7.84. The number of rotatable bonds is 9. The van der Waals surface area contributed by atoms with Crippen molar-refractivity contribution in [3.63, 3.8) is 0 Å².